The molecule has 0 aliphatic carbocycles. The summed E-state index contributed by atoms with van der Waals surface area (Å²) in [6.07, 6.45) is -0.0931. The molecule has 26 heavy (non-hydrogen) atoms. The lowest BCUT2D eigenvalue weighted by Crippen LogP contribution is -2.21. The minimum Gasteiger partial charge on any atom is -0.455 e. The van der Waals surface area contributed by atoms with E-state index in [1.807, 2.05) is 6.07 Å². The summed E-state index contributed by atoms with van der Waals surface area (Å²) < 4.78 is 10.1. The summed E-state index contributed by atoms with van der Waals surface area (Å²) in [6.45, 7) is 1.01. The van der Waals surface area contributed by atoms with Gasteiger partial charge in [-0.15, -0.1) is 0 Å². The number of hydrogen-bond acceptors (Lipinski definition) is 6. The van der Waals surface area contributed by atoms with Crippen LogP contribution in [0.4, 0.5) is 5.69 Å². The summed E-state index contributed by atoms with van der Waals surface area (Å²) in [5, 5.41) is 7.16. The van der Waals surface area contributed by atoms with E-state index in [2.05, 4.69) is 10.5 Å². The second-order valence-electron chi connectivity index (χ2n) is 5.65. The standard InChI is InChI=1S/C19H16N2O5/c1-12(22)13-5-4-6-14(9-13)20-18(23)11-25-19(24)10-16-15-7-2-3-8-17(15)26-21-16/h2-9H,10-11H2,1H3,(H,20,23). The topological polar surface area (TPSA) is 98.5 Å². The molecule has 7 nitrogen and oxygen atoms in total. The van der Waals surface area contributed by atoms with Gasteiger partial charge in [0, 0.05) is 16.6 Å². The van der Waals surface area contributed by atoms with Gasteiger partial charge in [0.25, 0.3) is 5.91 Å². The Kier molecular flexibility index (Phi) is 5.07. The van der Waals surface area contributed by atoms with Crippen molar-refractivity contribution in [3.05, 3.63) is 59.8 Å². The second kappa shape index (κ2) is 7.60. The molecule has 1 aromatic heterocycles. The SMILES string of the molecule is CC(=O)c1cccc(NC(=O)COC(=O)Cc2noc3ccccc23)c1. The lowest BCUT2D eigenvalue weighted by atomic mass is 10.1. The van der Waals surface area contributed by atoms with Crippen molar-refractivity contribution in [2.75, 3.05) is 11.9 Å². The largest absolute Gasteiger partial charge is 0.455 e. The number of nitrogens with one attached hydrogen (secondary N) is 1. The molecule has 0 fully saturated rings. The molecule has 3 aromatic rings. The van der Waals surface area contributed by atoms with Gasteiger partial charge in [0.15, 0.2) is 18.0 Å². The van der Waals surface area contributed by atoms with Crippen LogP contribution in [0.25, 0.3) is 11.0 Å². The van der Waals surface area contributed by atoms with Crippen molar-refractivity contribution in [2.45, 2.75) is 13.3 Å². The van der Waals surface area contributed by atoms with Gasteiger partial charge < -0.3 is 14.6 Å². The molecular weight excluding hydrogens is 336 g/mol. The molecule has 2 aromatic carbocycles. The van der Waals surface area contributed by atoms with Gasteiger partial charge in [0.2, 0.25) is 0 Å². The van der Waals surface area contributed by atoms with E-state index in [4.69, 9.17) is 9.26 Å². The van der Waals surface area contributed by atoms with Crippen molar-refractivity contribution in [3.63, 3.8) is 0 Å². The van der Waals surface area contributed by atoms with Gasteiger partial charge in [-0.25, -0.2) is 0 Å². The minimum absolute atomic E-state index is 0.0931. The van der Waals surface area contributed by atoms with Crippen molar-refractivity contribution in [3.8, 4) is 0 Å². The first-order valence-corrected chi connectivity index (χ1v) is 7.92. The van der Waals surface area contributed by atoms with Gasteiger partial charge in [-0.05, 0) is 31.2 Å². The number of Topliss-reactive ketones (excluding diaryl/α,β-unsaturated/α-hetero) is 1. The third-order valence-electron chi connectivity index (χ3n) is 3.68. The Labute approximate surface area is 148 Å². The molecule has 3 rings (SSSR count). The zero-order valence-corrected chi connectivity index (χ0v) is 14.0. The number of hydrogen-bond donors (Lipinski definition) is 1. The summed E-state index contributed by atoms with van der Waals surface area (Å²) in [4.78, 5) is 35.2. The summed E-state index contributed by atoms with van der Waals surface area (Å²) >= 11 is 0. The highest BCUT2D eigenvalue weighted by atomic mass is 16.5. The zero-order valence-electron chi connectivity index (χ0n) is 14.0. The van der Waals surface area contributed by atoms with Crippen molar-refractivity contribution < 1.29 is 23.6 Å². The molecule has 0 saturated heterocycles. The second-order valence-corrected chi connectivity index (χ2v) is 5.65. The van der Waals surface area contributed by atoms with E-state index in [-0.39, 0.29) is 12.2 Å². The van der Waals surface area contributed by atoms with Crippen LogP contribution < -0.4 is 5.32 Å². The number of rotatable bonds is 6. The third-order valence-corrected chi connectivity index (χ3v) is 3.68. The van der Waals surface area contributed by atoms with Crippen LogP contribution in [0.2, 0.25) is 0 Å². The number of nitrogens with zero attached hydrogens (tertiary/aromatic N) is 1. The number of anilines is 1. The van der Waals surface area contributed by atoms with Gasteiger partial charge in [0.1, 0.15) is 5.69 Å². The summed E-state index contributed by atoms with van der Waals surface area (Å²) in [5.74, 6) is -1.19. The first-order chi connectivity index (χ1) is 12.5. The van der Waals surface area contributed by atoms with E-state index in [9.17, 15) is 14.4 Å². The number of para-hydroxylation sites is 1. The van der Waals surface area contributed by atoms with E-state index in [0.717, 1.165) is 5.39 Å². The van der Waals surface area contributed by atoms with Crippen LogP contribution in [0.15, 0.2) is 53.1 Å². The Balaban J connectivity index is 1.53. The Hall–Kier alpha value is -3.48. The summed E-state index contributed by atoms with van der Waals surface area (Å²) in [6, 6.07) is 13.7. The average Bonchev–Trinajstić information content (AvgIpc) is 3.03. The molecule has 0 atom stereocenters. The maximum Gasteiger partial charge on any atom is 0.312 e. The van der Waals surface area contributed by atoms with Gasteiger partial charge in [-0.2, -0.15) is 0 Å². The maximum absolute atomic E-state index is 11.9. The fourth-order valence-corrected chi connectivity index (χ4v) is 2.41. The number of ether oxygens (including phenoxy) is 1. The molecule has 7 heteroatoms. The minimum atomic E-state index is -0.586. The van der Waals surface area contributed by atoms with Crippen molar-refractivity contribution in [1.29, 1.82) is 0 Å². The summed E-state index contributed by atoms with van der Waals surface area (Å²) in [5.41, 5.74) is 1.98. The fourth-order valence-electron chi connectivity index (χ4n) is 2.41. The lowest BCUT2D eigenvalue weighted by molar-refractivity contribution is -0.146. The molecule has 1 amide bonds. The van der Waals surface area contributed by atoms with Gasteiger partial charge in [0.05, 0.1) is 6.42 Å². The molecule has 0 saturated carbocycles. The van der Waals surface area contributed by atoms with E-state index < -0.39 is 18.5 Å². The molecular formula is C19H16N2O5. The molecule has 1 N–H and O–H groups in total. The third kappa shape index (κ3) is 4.13. The van der Waals surface area contributed by atoms with Crippen LogP contribution in [0.1, 0.15) is 23.0 Å². The highest BCUT2D eigenvalue weighted by Crippen LogP contribution is 2.18. The Morgan fingerprint density at radius 3 is 2.73 bits per heavy atom. The van der Waals surface area contributed by atoms with E-state index >= 15 is 0 Å². The molecule has 0 aliphatic rings. The first kappa shape index (κ1) is 17.3. The number of esters is 1. The predicted molar refractivity (Wildman–Crippen MR) is 93.7 cm³/mol. The van der Waals surface area contributed by atoms with E-state index in [1.165, 1.54) is 6.92 Å². The highest BCUT2D eigenvalue weighted by molar-refractivity contribution is 5.97. The predicted octanol–water partition coefficient (Wildman–Crippen LogP) is 2.75. The van der Waals surface area contributed by atoms with Crippen LogP contribution in [0.3, 0.4) is 0 Å². The number of fused-ring (bicyclic) bond motifs is 1. The van der Waals surface area contributed by atoms with Crippen molar-refractivity contribution in [2.24, 2.45) is 0 Å². The van der Waals surface area contributed by atoms with Crippen LogP contribution in [0, 0.1) is 0 Å². The van der Waals surface area contributed by atoms with Crippen molar-refractivity contribution >= 4 is 34.3 Å². The molecule has 0 aliphatic heterocycles. The smallest absolute Gasteiger partial charge is 0.312 e. The summed E-state index contributed by atoms with van der Waals surface area (Å²) in [7, 11) is 0. The molecule has 0 spiro atoms. The number of amides is 1. The Morgan fingerprint density at radius 1 is 1.12 bits per heavy atom. The van der Waals surface area contributed by atoms with Crippen LogP contribution in [-0.2, 0) is 20.7 Å². The Bertz CT molecular complexity index is 977. The number of carbonyl (C=O) groups excluding carboxylic acids is 3. The highest BCUT2D eigenvalue weighted by Gasteiger charge is 2.14. The number of aromatic nitrogens is 1. The number of ketones is 1. The lowest BCUT2D eigenvalue weighted by Gasteiger charge is -2.07. The van der Waals surface area contributed by atoms with Crippen LogP contribution in [0.5, 0.6) is 0 Å². The van der Waals surface area contributed by atoms with E-state index in [1.54, 1.807) is 42.5 Å². The van der Waals surface area contributed by atoms with Crippen LogP contribution >= 0.6 is 0 Å². The quantitative estimate of drug-likeness (QED) is 0.541. The molecule has 1 heterocycles. The van der Waals surface area contributed by atoms with Crippen LogP contribution in [-0.4, -0.2) is 29.4 Å². The van der Waals surface area contributed by atoms with Gasteiger partial charge in [-0.3, -0.25) is 14.4 Å². The number of carbonyl (C=O) groups is 3. The monoisotopic (exact) mass is 352 g/mol. The fraction of sp³-hybridized carbons (Fsp3) is 0.158. The van der Waals surface area contributed by atoms with Gasteiger partial charge >= 0.3 is 5.97 Å². The Morgan fingerprint density at radius 2 is 1.92 bits per heavy atom. The average molecular weight is 352 g/mol. The van der Waals surface area contributed by atoms with E-state index in [0.29, 0.717) is 22.5 Å². The zero-order chi connectivity index (χ0) is 18.5. The number of benzene rings is 2. The normalized spacial score (nSPS) is 10.5. The molecule has 0 unspecified atom stereocenters. The molecule has 0 radical (unpaired) electrons. The van der Waals surface area contributed by atoms with Gasteiger partial charge in [-0.1, -0.05) is 29.4 Å². The first-order valence-electron chi connectivity index (χ1n) is 7.92. The molecule has 132 valence electrons. The maximum atomic E-state index is 11.9. The van der Waals surface area contributed by atoms with Crippen molar-refractivity contribution in [1.82, 2.24) is 5.16 Å². The molecule has 0 bridgehead atoms.